The van der Waals surface area contributed by atoms with Crippen molar-refractivity contribution in [3.8, 4) is 0 Å². The summed E-state index contributed by atoms with van der Waals surface area (Å²) in [7, 11) is 0. The first-order chi connectivity index (χ1) is 13.3. The van der Waals surface area contributed by atoms with Crippen molar-refractivity contribution in [2.45, 2.75) is 29.9 Å². The van der Waals surface area contributed by atoms with E-state index in [0.717, 1.165) is 41.6 Å². The normalized spacial score (nSPS) is 16.6. The SMILES string of the molecule is O=C1CN(c2nc(CSc3ccccc3)nc3sc4c(c23)CCC4)CCN1. The number of piperazine rings is 1. The molecule has 138 valence electrons. The van der Waals surface area contributed by atoms with Crippen molar-refractivity contribution in [1.29, 1.82) is 0 Å². The van der Waals surface area contributed by atoms with Gasteiger partial charge in [-0.15, -0.1) is 23.1 Å². The molecule has 27 heavy (non-hydrogen) atoms. The van der Waals surface area contributed by atoms with E-state index in [2.05, 4.69) is 22.3 Å². The van der Waals surface area contributed by atoms with Crippen molar-refractivity contribution in [3.05, 3.63) is 46.6 Å². The van der Waals surface area contributed by atoms with Crippen LogP contribution in [0.15, 0.2) is 35.2 Å². The van der Waals surface area contributed by atoms with Gasteiger partial charge < -0.3 is 10.2 Å². The zero-order chi connectivity index (χ0) is 18.2. The van der Waals surface area contributed by atoms with E-state index in [1.165, 1.54) is 27.1 Å². The fourth-order valence-electron chi connectivity index (χ4n) is 3.80. The Hall–Kier alpha value is -2.12. The molecule has 0 unspecified atom stereocenters. The Morgan fingerprint density at radius 2 is 2.07 bits per heavy atom. The Morgan fingerprint density at radius 1 is 1.19 bits per heavy atom. The lowest BCUT2D eigenvalue weighted by atomic mass is 10.1. The second-order valence-electron chi connectivity index (χ2n) is 6.87. The number of anilines is 1. The summed E-state index contributed by atoms with van der Waals surface area (Å²) < 4.78 is 0. The number of amides is 1. The molecule has 3 heterocycles. The molecular weight excluding hydrogens is 376 g/mol. The number of nitrogens with zero attached hydrogens (tertiary/aromatic N) is 3. The summed E-state index contributed by atoms with van der Waals surface area (Å²) in [6.45, 7) is 1.85. The lowest BCUT2D eigenvalue weighted by Gasteiger charge is -2.28. The van der Waals surface area contributed by atoms with Crippen molar-refractivity contribution in [2.75, 3.05) is 24.5 Å². The van der Waals surface area contributed by atoms with Gasteiger partial charge in [-0.05, 0) is 37.0 Å². The minimum Gasteiger partial charge on any atom is -0.353 e. The monoisotopic (exact) mass is 396 g/mol. The third-order valence-corrected chi connectivity index (χ3v) is 7.23. The zero-order valence-electron chi connectivity index (χ0n) is 14.9. The minimum atomic E-state index is 0.0695. The fraction of sp³-hybridized carbons (Fsp3) is 0.350. The van der Waals surface area contributed by atoms with Gasteiger partial charge in [0.05, 0.1) is 17.7 Å². The van der Waals surface area contributed by atoms with E-state index in [1.807, 2.05) is 29.5 Å². The van der Waals surface area contributed by atoms with Crippen molar-refractivity contribution in [1.82, 2.24) is 15.3 Å². The van der Waals surface area contributed by atoms with Crippen molar-refractivity contribution in [2.24, 2.45) is 0 Å². The predicted molar refractivity (Wildman–Crippen MR) is 111 cm³/mol. The summed E-state index contributed by atoms with van der Waals surface area (Å²) in [4.78, 5) is 27.7. The van der Waals surface area contributed by atoms with E-state index < -0.39 is 0 Å². The first kappa shape index (κ1) is 17.0. The van der Waals surface area contributed by atoms with Crippen LogP contribution in [0.1, 0.15) is 22.7 Å². The van der Waals surface area contributed by atoms with E-state index in [9.17, 15) is 4.79 Å². The summed E-state index contributed by atoms with van der Waals surface area (Å²) in [6, 6.07) is 10.3. The van der Waals surface area contributed by atoms with Crippen LogP contribution in [0.3, 0.4) is 0 Å². The lowest BCUT2D eigenvalue weighted by molar-refractivity contribution is -0.120. The van der Waals surface area contributed by atoms with Crippen LogP contribution in [0.2, 0.25) is 0 Å². The van der Waals surface area contributed by atoms with E-state index in [-0.39, 0.29) is 5.91 Å². The molecule has 1 N–H and O–H groups in total. The highest BCUT2D eigenvalue weighted by Gasteiger charge is 2.27. The van der Waals surface area contributed by atoms with Gasteiger partial charge in [-0.1, -0.05) is 18.2 Å². The van der Waals surface area contributed by atoms with Gasteiger partial charge in [0.25, 0.3) is 0 Å². The van der Waals surface area contributed by atoms with Crippen LogP contribution < -0.4 is 10.2 Å². The first-order valence-electron chi connectivity index (χ1n) is 9.28. The number of fused-ring (bicyclic) bond motifs is 3. The molecule has 0 saturated carbocycles. The van der Waals surface area contributed by atoms with Crippen molar-refractivity contribution >= 4 is 45.0 Å². The van der Waals surface area contributed by atoms with Gasteiger partial charge in [0, 0.05) is 22.9 Å². The molecule has 0 bridgehead atoms. The van der Waals surface area contributed by atoms with Gasteiger partial charge >= 0.3 is 0 Å². The number of carbonyl (C=O) groups is 1. The highest BCUT2D eigenvalue weighted by Crippen LogP contribution is 2.41. The molecule has 5 rings (SSSR count). The summed E-state index contributed by atoms with van der Waals surface area (Å²) in [5.41, 5.74) is 1.42. The Labute approximate surface area is 166 Å². The molecule has 1 fully saturated rings. The molecule has 7 heteroatoms. The first-order valence-corrected chi connectivity index (χ1v) is 11.1. The van der Waals surface area contributed by atoms with Crippen LogP contribution in [0.25, 0.3) is 10.2 Å². The number of thioether (sulfide) groups is 1. The van der Waals surface area contributed by atoms with Gasteiger partial charge in [0.1, 0.15) is 16.5 Å². The third kappa shape index (κ3) is 3.30. The maximum Gasteiger partial charge on any atom is 0.239 e. The van der Waals surface area contributed by atoms with Crippen LogP contribution >= 0.6 is 23.1 Å². The molecule has 1 aliphatic carbocycles. The predicted octanol–water partition coefficient (Wildman–Crippen LogP) is 3.41. The van der Waals surface area contributed by atoms with Gasteiger partial charge in [-0.25, -0.2) is 9.97 Å². The van der Waals surface area contributed by atoms with E-state index in [0.29, 0.717) is 13.1 Å². The second kappa shape index (κ2) is 7.13. The Morgan fingerprint density at radius 3 is 2.93 bits per heavy atom. The topological polar surface area (TPSA) is 58.1 Å². The quantitative estimate of drug-likeness (QED) is 0.685. The smallest absolute Gasteiger partial charge is 0.239 e. The number of aryl methyl sites for hydroxylation is 2. The lowest BCUT2D eigenvalue weighted by Crippen LogP contribution is -2.48. The highest BCUT2D eigenvalue weighted by atomic mass is 32.2. The number of nitrogens with one attached hydrogen (secondary N) is 1. The number of aromatic nitrogens is 2. The summed E-state index contributed by atoms with van der Waals surface area (Å²) in [5.74, 6) is 2.60. The summed E-state index contributed by atoms with van der Waals surface area (Å²) in [5, 5.41) is 4.10. The second-order valence-corrected chi connectivity index (χ2v) is 9.01. The van der Waals surface area contributed by atoms with E-state index in [1.54, 1.807) is 11.8 Å². The zero-order valence-corrected chi connectivity index (χ0v) is 16.5. The van der Waals surface area contributed by atoms with Crippen LogP contribution in [-0.4, -0.2) is 35.5 Å². The average Bonchev–Trinajstić information content (AvgIpc) is 3.27. The molecule has 3 aromatic rings. The molecule has 0 radical (unpaired) electrons. The number of carbonyl (C=O) groups excluding carboxylic acids is 1. The molecule has 2 aliphatic rings. The Bertz CT molecular complexity index is 1000. The molecule has 1 amide bonds. The molecule has 1 aromatic carbocycles. The summed E-state index contributed by atoms with van der Waals surface area (Å²) in [6.07, 6.45) is 3.46. The van der Waals surface area contributed by atoms with Crippen LogP contribution in [0.5, 0.6) is 0 Å². The number of hydrogen-bond acceptors (Lipinski definition) is 6. The number of benzene rings is 1. The molecule has 2 aromatic heterocycles. The highest BCUT2D eigenvalue weighted by molar-refractivity contribution is 7.98. The Kier molecular flexibility index (Phi) is 4.49. The number of hydrogen-bond donors (Lipinski definition) is 1. The van der Waals surface area contributed by atoms with Gasteiger partial charge in [0.2, 0.25) is 5.91 Å². The van der Waals surface area contributed by atoms with Crippen molar-refractivity contribution < 1.29 is 4.79 Å². The average molecular weight is 397 g/mol. The van der Waals surface area contributed by atoms with E-state index in [4.69, 9.17) is 9.97 Å². The molecule has 5 nitrogen and oxygen atoms in total. The number of thiophene rings is 1. The Balaban J connectivity index is 1.54. The summed E-state index contributed by atoms with van der Waals surface area (Å²) >= 11 is 3.56. The maximum atomic E-state index is 12.0. The van der Waals surface area contributed by atoms with Gasteiger partial charge in [0.15, 0.2) is 0 Å². The van der Waals surface area contributed by atoms with Crippen LogP contribution in [0.4, 0.5) is 5.82 Å². The van der Waals surface area contributed by atoms with Gasteiger partial charge in [-0.2, -0.15) is 0 Å². The molecule has 0 spiro atoms. The third-order valence-electron chi connectivity index (χ3n) is 5.04. The fourth-order valence-corrected chi connectivity index (χ4v) is 5.85. The van der Waals surface area contributed by atoms with Crippen LogP contribution in [0, 0.1) is 0 Å². The van der Waals surface area contributed by atoms with Crippen LogP contribution in [-0.2, 0) is 23.4 Å². The molecular formula is C20H20N4OS2. The minimum absolute atomic E-state index is 0.0695. The largest absolute Gasteiger partial charge is 0.353 e. The maximum absolute atomic E-state index is 12.0. The van der Waals surface area contributed by atoms with Crippen molar-refractivity contribution in [3.63, 3.8) is 0 Å². The molecule has 1 aliphatic heterocycles. The van der Waals surface area contributed by atoms with Gasteiger partial charge in [-0.3, -0.25) is 4.79 Å². The number of rotatable bonds is 4. The standard InChI is InChI=1S/C20H20N4OS2/c25-17-11-24(10-9-21-17)19-18-14-7-4-8-15(14)27-20(18)23-16(22-19)12-26-13-5-2-1-3-6-13/h1-3,5-6H,4,7-12H2,(H,21,25). The molecule has 0 atom stereocenters. The van der Waals surface area contributed by atoms with E-state index >= 15 is 0 Å². The molecule has 1 saturated heterocycles.